The van der Waals surface area contributed by atoms with E-state index in [0.29, 0.717) is 17.8 Å². The fourth-order valence-electron chi connectivity index (χ4n) is 6.37. The molecular weight excluding hydrogens is 328 g/mol. The molecule has 0 amide bonds. The van der Waals surface area contributed by atoms with Gasteiger partial charge in [0, 0.05) is 9.89 Å². The number of halogens is 1. The zero-order valence-electron chi connectivity index (χ0n) is 12.0. The summed E-state index contributed by atoms with van der Waals surface area (Å²) in [5, 5.41) is 0. The van der Waals surface area contributed by atoms with Gasteiger partial charge in [0.15, 0.2) is 0 Å². The molecule has 4 unspecified atom stereocenters. The Morgan fingerprint density at radius 1 is 1.14 bits per heavy atom. The highest BCUT2D eigenvalue weighted by molar-refractivity contribution is 9.10. The Morgan fingerprint density at radius 3 is 2.76 bits per heavy atom. The molecule has 1 aliphatic heterocycles. The fraction of sp³-hybridized carbons (Fsp3) is 0.611. The lowest BCUT2D eigenvalue weighted by Crippen LogP contribution is -2.59. The van der Waals surface area contributed by atoms with Crippen molar-refractivity contribution in [3.05, 3.63) is 34.3 Å². The standard InChI is InChI=1S/C18H19BrO2/c19-14-3-1-13(2-4-14)17-6-11-5-12(8-17)16-18(7-11,10-17)9-15(20)21-16/h1-4,11-12,16H,5-10H2/t11?,12?,16-,17?,18?/m1/s1. The molecule has 5 fully saturated rings. The van der Waals surface area contributed by atoms with Crippen molar-refractivity contribution in [1.29, 1.82) is 0 Å². The lowest BCUT2D eigenvalue weighted by molar-refractivity contribution is -0.160. The second kappa shape index (κ2) is 3.92. The molecule has 2 nitrogen and oxygen atoms in total. The van der Waals surface area contributed by atoms with Gasteiger partial charge in [-0.1, -0.05) is 28.1 Å². The van der Waals surface area contributed by atoms with E-state index in [1.165, 1.54) is 31.2 Å². The number of esters is 1. The van der Waals surface area contributed by atoms with Crippen molar-refractivity contribution in [1.82, 2.24) is 0 Å². The van der Waals surface area contributed by atoms with Crippen LogP contribution in [0.1, 0.15) is 44.1 Å². The van der Waals surface area contributed by atoms with Gasteiger partial charge in [-0.25, -0.2) is 0 Å². The second-order valence-electron chi connectivity index (χ2n) is 7.89. The SMILES string of the molecule is O=C1CC23CC4CC(CC(c5ccc(Br)cc5)(C4)C2)[C@H]3O1. The summed E-state index contributed by atoms with van der Waals surface area (Å²) in [4.78, 5) is 11.9. The molecule has 1 saturated heterocycles. The van der Waals surface area contributed by atoms with Crippen LogP contribution >= 0.6 is 15.9 Å². The predicted octanol–water partition coefficient (Wildman–Crippen LogP) is 4.21. The monoisotopic (exact) mass is 346 g/mol. The van der Waals surface area contributed by atoms with E-state index in [4.69, 9.17) is 4.74 Å². The summed E-state index contributed by atoms with van der Waals surface area (Å²) in [6, 6.07) is 8.92. The molecule has 21 heavy (non-hydrogen) atoms. The normalized spacial score (nSPS) is 46.5. The third-order valence-corrected chi connectivity index (χ3v) is 7.13. The van der Waals surface area contributed by atoms with Crippen LogP contribution in [0.4, 0.5) is 0 Å². The minimum atomic E-state index is 0.0548. The summed E-state index contributed by atoms with van der Waals surface area (Å²) in [6.07, 6.45) is 7.08. The lowest BCUT2D eigenvalue weighted by Gasteiger charge is -2.62. The Morgan fingerprint density at radius 2 is 1.95 bits per heavy atom. The third-order valence-electron chi connectivity index (χ3n) is 6.60. The molecule has 1 aromatic rings. The van der Waals surface area contributed by atoms with E-state index in [1.807, 2.05) is 0 Å². The summed E-state index contributed by atoms with van der Waals surface area (Å²) in [5.74, 6) is 1.45. The zero-order chi connectivity index (χ0) is 14.2. The Kier molecular flexibility index (Phi) is 2.37. The summed E-state index contributed by atoms with van der Waals surface area (Å²) in [5.41, 5.74) is 1.95. The predicted molar refractivity (Wildman–Crippen MR) is 82.8 cm³/mol. The third kappa shape index (κ3) is 1.61. The van der Waals surface area contributed by atoms with Gasteiger partial charge in [0.1, 0.15) is 6.10 Å². The maximum atomic E-state index is 11.9. The smallest absolute Gasteiger partial charge is 0.306 e. The highest BCUT2D eigenvalue weighted by Gasteiger charge is 2.67. The number of carbonyl (C=O) groups excluding carboxylic acids is 1. The van der Waals surface area contributed by atoms with Crippen molar-refractivity contribution in [3.8, 4) is 0 Å². The Labute approximate surface area is 133 Å². The second-order valence-corrected chi connectivity index (χ2v) is 8.80. The van der Waals surface area contributed by atoms with Gasteiger partial charge in [0.05, 0.1) is 6.42 Å². The molecule has 4 aliphatic carbocycles. The van der Waals surface area contributed by atoms with Crippen LogP contribution in [0.3, 0.4) is 0 Å². The van der Waals surface area contributed by atoms with Crippen molar-refractivity contribution in [2.24, 2.45) is 17.3 Å². The van der Waals surface area contributed by atoms with Crippen LogP contribution in [0, 0.1) is 17.3 Å². The van der Waals surface area contributed by atoms with E-state index >= 15 is 0 Å². The quantitative estimate of drug-likeness (QED) is 0.712. The van der Waals surface area contributed by atoms with Gasteiger partial charge in [-0.15, -0.1) is 0 Å². The molecule has 1 aromatic carbocycles. The minimum Gasteiger partial charge on any atom is -0.461 e. The van der Waals surface area contributed by atoms with Gasteiger partial charge < -0.3 is 4.74 Å². The van der Waals surface area contributed by atoms with Crippen molar-refractivity contribution in [3.63, 3.8) is 0 Å². The van der Waals surface area contributed by atoms with E-state index in [2.05, 4.69) is 40.2 Å². The molecule has 0 N–H and O–H groups in total. The van der Waals surface area contributed by atoms with E-state index < -0.39 is 0 Å². The van der Waals surface area contributed by atoms with Crippen molar-refractivity contribution >= 4 is 21.9 Å². The summed E-state index contributed by atoms with van der Waals surface area (Å²) >= 11 is 3.54. The average Bonchev–Trinajstić information content (AvgIpc) is 2.74. The summed E-state index contributed by atoms with van der Waals surface area (Å²) < 4.78 is 6.89. The molecule has 6 rings (SSSR count). The first kappa shape index (κ1) is 12.7. The molecular formula is C18H19BrO2. The zero-order valence-corrected chi connectivity index (χ0v) is 13.6. The molecule has 110 valence electrons. The molecule has 1 heterocycles. The Hall–Kier alpha value is -0.830. The molecule has 0 aromatic heterocycles. The van der Waals surface area contributed by atoms with E-state index in [-0.39, 0.29) is 17.5 Å². The van der Waals surface area contributed by atoms with Crippen LogP contribution in [-0.4, -0.2) is 12.1 Å². The van der Waals surface area contributed by atoms with Crippen LogP contribution in [0.2, 0.25) is 0 Å². The number of hydrogen-bond acceptors (Lipinski definition) is 2. The summed E-state index contributed by atoms with van der Waals surface area (Å²) in [7, 11) is 0. The molecule has 5 aliphatic rings. The fourth-order valence-corrected chi connectivity index (χ4v) is 6.63. The van der Waals surface area contributed by atoms with Crippen LogP contribution in [0.25, 0.3) is 0 Å². The van der Waals surface area contributed by atoms with Crippen molar-refractivity contribution in [2.45, 2.75) is 50.0 Å². The lowest BCUT2D eigenvalue weighted by atomic mass is 9.42. The molecule has 3 heteroatoms. The average molecular weight is 347 g/mol. The summed E-state index contributed by atoms with van der Waals surface area (Å²) in [6.45, 7) is 0. The number of benzene rings is 1. The first-order valence-corrected chi connectivity index (χ1v) is 8.84. The number of ether oxygens (including phenoxy) is 1. The maximum absolute atomic E-state index is 11.9. The highest BCUT2D eigenvalue weighted by atomic mass is 79.9. The van der Waals surface area contributed by atoms with E-state index in [9.17, 15) is 4.79 Å². The van der Waals surface area contributed by atoms with Crippen LogP contribution < -0.4 is 0 Å². The topological polar surface area (TPSA) is 26.3 Å². The van der Waals surface area contributed by atoms with Gasteiger partial charge in [0.2, 0.25) is 0 Å². The van der Waals surface area contributed by atoms with Crippen LogP contribution in [-0.2, 0) is 14.9 Å². The molecule has 5 atom stereocenters. The Bertz CT molecular complexity index is 625. The molecule has 4 bridgehead atoms. The number of hydrogen-bond donors (Lipinski definition) is 0. The van der Waals surface area contributed by atoms with E-state index in [0.717, 1.165) is 16.8 Å². The number of carbonyl (C=O) groups is 1. The van der Waals surface area contributed by atoms with Gasteiger partial charge >= 0.3 is 5.97 Å². The minimum absolute atomic E-state index is 0.0548. The van der Waals surface area contributed by atoms with E-state index in [1.54, 1.807) is 0 Å². The highest BCUT2D eigenvalue weighted by Crippen LogP contribution is 2.69. The number of rotatable bonds is 1. The van der Waals surface area contributed by atoms with Crippen molar-refractivity contribution in [2.75, 3.05) is 0 Å². The van der Waals surface area contributed by atoms with Gasteiger partial charge in [-0.05, 0) is 67.1 Å². The largest absolute Gasteiger partial charge is 0.461 e. The van der Waals surface area contributed by atoms with Crippen LogP contribution in [0.15, 0.2) is 28.7 Å². The van der Waals surface area contributed by atoms with Gasteiger partial charge in [-0.3, -0.25) is 4.79 Å². The van der Waals surface area contributed by atoms with Crippen LogP contribution in [0.5, 0.6) is 0 Å². The Balaban J connectivity index is 1.61. The van der Waals surface area contributed by atoms with Gasteiger partial charge in [0.25, 0.3) is 0 Å². The molecule has 1 spiro atoms. The van der Waals surface area contributed by atoms with Crippen molar-refractivity contribution < 1.29 is 9.53 Å². The molecule has 4 saturated carbocycles. The molecule has 0 radical (unpaired) electrons. The first-order valence-electron chi connectivity index (χ1n) is 8.04. The van der Waals surface area contributed by atoms with Gasteiger partial charge in [-0.2, -0.15) is 0 Å². The first-order chi connectivity index (χ1) is 10.1. The maximum Gasteiger partial charge on any atom is 0.306 e.